The van der Waals surface area contributed by atoms with Crippen LogP contribution in [0.3, 0.4) is 0 Å². The van der Waals surface area contributed by atoms with Crippen LogP contribution in [-0.2, 0) is 23.1 Å². The number of likely N-dealkylation sites (N-methyl/N-ethyl adjacent to an activating group) is 1. The molecule has 1 aromatic heterocycles. The van der Waals surface area contributed by atoms with Crippen LogP contribution in [0.2, 0.25) is 0 Å². The molecule has 1 N–H and O–H groups in total. The second-order valence-corrected chi connectivity index (χ2v) is 4.30. The number of aryl methyl sites for hydroxylation is 1. The summed E-state index contributed by atoms with van der Waals surface area (Å²) in [6, 6.07) is -0.217. The topological polar surface area (TPSA) is 59.4 Å². The lowest BCUT2D eigenvalue weighted by molar-refractivity contribution is -0.135. The Morgan fingerprint density at radius 1 is 1.76 bits per heavy atom. The number of rotatable bonds is 3. The second kappa shape index (κ2) is 5.29. The Balaban J connectivity index is 1.90. The number of nitrogens with one attached hydrogen (secondary N) is 1. The van der Waals surface area contributed by atoms with Crippen molar-refractivity contribution in [3.8, 4) is 0 Å². The maximum atomic E-state index is 12.1. The fourth-order valence-electron chi connectivity index (χ4n) is 1.90. The minimum atomic E-state index is -0.217. The Morgan fingerprint density at radius 3 is 3.18 bits per heavy atom. The van der Waals surface area contributed by atoms with Gasteiger partial charge in [0, 0.05) is 38.9 Å². The summed E-state index contributed by atoms with van der Waals surface area (Å²) in [5.41, 5.74) is 1.03. The summed E-state index contributed by atoms with van der Waals surface area (Å²) in [4.78, 5) is 13.8. The Bertz CT molecular complexity index is 385. The summed E-state index contributed by atoms with van der Waals surface area (Å²) in [6.07, 6.45) is 3.68. The fourth-order valence-corrected chi connectivity index (χ4v) is 1.90. The molecule has 2 heterocycles. The average molecular weight is 238 g/mol. The molecule has 0 spiro atoms. The average Bonchev–Trinajstić information content (AvgIpc) is 2.75. The Hall–Kier alpha value is -1.40. The number of carbonyl (C=O) groups is 1. The van der Waals surface area contributed by atoms with Gasteiger partial charge in [-0.2, -0.15) is 5.10 Å². The summed E-state index contributed by atoms with van der Waals surface area (Å²) in [7, 11) is 3.66. The van der Waals surface area contributed by atoms with E-state index in [1.54, 1.807) is 22.8 Å². The standard InChI is InChI=1S/C11H18N4O2/c1-14(6-9-5-13-15(2)7-9)11(16)10-8-17-4-3-12-10/h5,7,10,12H,3-4,6,8H2,1-2H3. The lowest BCUT2D eigenvalue weighted by Gasteiger charge is -2.27. The Labute approximate surface area is 101 Å². The van der Waals surface area contributed by atoms with Crippen LogP contribution in [0.4, 0.5) is 0 Å². The number of hydrogen-bond acceptors (Lipinski definition) is 4. The summed E-state index contributed by atoms with van der Waals surface area (Å²) in [5.74, 6) is 0.0635. The normalized spacial score (nSPS) is 20.2. The van der Waals surface area contributed by atoms with Gasteiger partial charge in [-0.25, -0.2) is 0 Å². The molecule has 1 unspecified atom stereocenters. The van der Waals surface area contributed by atoms with Crippen LogP contribution >= 0.6 is 0 Å². The lowest BCUT2D eigenvalue weighted by Crippen LogP contribution is -2.51. The van der Waals surface area contributed by atoms with Gasteiger partial charge in [-0.1, -0.05) is 0 Å². The van der Waals surface area contributed by atoms with Crippen LogP contribution in [-0.4, -0.2) is 53.4 Å². The third kappa shape index (κ3) is 3.04. The fraction of sp³-hybridized carbons (Fsp3) is 0.636. The highest BCUT2D eigenvalue weighted by atomic mass is 16.5. The first kappa shape index (κ1) is 12.1. The van der Waals surface area contributed by atoms with E-state index in [0.29, 0.717) is 19.8 Å². The number of aromatic nitrogens is 2. The molecular weight excluding hydrogens is 220 g/mol. The molecule has 0 aromatic carbocycles. The zero-order valence-corrected chi connectivity index (χ0v) is 10.2. The van der Waals surface area contributed by atoms with Gasteiger partial charge in [0.05, 0.1) is 19.4 Å². The van der Waals surface area contributed by atoms with Crippen LogP contribution in [0.5, 0.6) is 0 Å². The highest BCUT2D eigenvalue weighted by Crippen LogP contribution is 2.04. The molecule has 17 heavy (non-hydrogen) atoms. The maximum absolute atomic E-state index is 12.1. The number of amides is 1. The van der Waals surface area contributed by atoms with E-state index in [-0.39, 0.29) is 11.9 Å². The largest absolute Gasteiger partial charge is 0.378 e. The summed E-state index contributed by atoms with van der Waals surface area (Å²) in [5, 5.41) is 7.23. The molecule has 94 valence electrons. The number of hydrogen-bond donors (Lipinski definition) is 1. The highest BCUT2D eigenvalue weighted by Gasteiger charge is 2.24. The van der Waals surface area contributed by atoms with Crippen molar-refractivity contribution in [1.29, 1.82) is 0 Å². The smallest absolute Gasteiger partial charge is 0.242 e. The van der Waals surface area contributed by atoms with Gasteiger partial charge in [0.2, 0.25) is 5.91 Å². The number of ether oxygens (including phenoxy) is 1. The number of nitrogens with zero attached hydrogens (tertiary/aromatic N) is 3. The second-order valence-electron chi connectivity index (χ2n) is 4.30. The van der Waals surface area contributed by atoms with E-state index in [9.17, 15) is 4.79 Å². The van der Waals surface area contributed by atoms with Gasteiger partial charge in [0.15, 0.2) is 0 Å². The first-order valence-corrected chi connectivity index (χ1v) is 5.70. The van der Waals surface area contributed by atoms with Crippen LogP contribution in [0.1, 0.15) is 5.56 Å². The van der Waals surface area contributed by atoms with Crippen molar-refractivity contribution in [3.05, 3.63) is 18.0 Å². The molecule has 1 saturated heterocycles. The van der Waals surface area contributed by atoms with Crippen molar-refractivity contribution >= 4 is 5.91 Å². The Morgan fingerprint density at radius 2 is 2.59 bits per heavy atom. The van der Waals surface area contributed by atoms with Crippen molar-refractivity contribution in [1.82, 2.24) is 20.0 Å². The van der Waals surface area contributed by atoms with Crippen LogP contribution in [0.15, 0.2) is 12.4 Å². The van der Waals surface area contributed by atoms with E-state index < -0.39 is 0 Å². The molecule has 1 aromatic rings. The Kier molecular flexibility index (Phi) is 3.75. The van der Waals surface area contributed by atoms with Gasteiger partial charge in [-0.3, -0.25) is 9.48 Å². The number of morpholine rings is 1. The van der Waals surface area contributed by atoms with Crippen molar-refractivity contribution in [2.24, 2.45) is 7.05 Å². The van der Waals surface area contributed by atoms with E-state index in [0.717, 1.165) is 12.1 Å². The third-order valence-electron chi connectivity index (χ3n) is 2.77. The summed E-state index contributed by atoms with van der Waals surface area (Å²) in [6.45, 7) is 2.44. The molecule has 2 rings (SSSR count). The van der Waals surface area contributed by atoms with Crippen LogP contribution in [0.25, 0.3) is 0 Å². The van der Waals surface area contributed by atoms with Gasteiger partial charge in [-0.05, 0) is 0 Å². The molecule has 0 bridgehead atoms. The molecule has 1 amide bonds. The minimum absolute atomic E-state index is 0.0635. The van der Waals surface area contributed by atoms with Gasteiger partial charge in [0.1, 0.15) is 6.04 Å². The van der Waals surface area contributed by atoms with E-state index in [4.69, 9.17) is 4.74 Å². The third-order valence-corrected chi connectivity index (χ3v) is 2.77. The predicted octanol–water partition coefficient (Wildman–Crippen LogP) is -0.633. The van der Waals surface area contributed by atoms with Gasteiger partial charge in [-0.15, -0.1) is 0 Å². The van der Waals surface area contributed by atoms with Gasteiger partial charge >= 0.3 is 0 Å². The first-order valence-electron chi connectivity index (χ1n) is 5.70. The molecule has 0 saturated carbocycles. The first-order chi connectivity index (χ1) is 8.16. The van der Waals surface area contributed by atoms with Crippen molar-refractivity contribution in [2.45, 2.75) is 12.6 Å². The van der Waals surface area contributed by atoms with Gasteiger partial charge < -0.3 is 15.0 Å². The van der Waals surface area contributed by atoms with E-state index in [1.807, 2.05) is 13.2 Å². The van der Waals surface area contributed by atoms with E-state index in [1.165, 1.54) is 0 Å². The van der Waals surface area contributed by atoms with E-state index >= 15 is 0 Å². The molecule has 0 aliphatic carbocycles. The molecule has 1 aliphatic rings. The van der Waals surface area contributed by atoms with Crippen molar-refractivity contribution in [2.75, 3.05) is 26.8 Å². The predicted molar refractivity (Wildman–Crippen MR) is 62.3 cm³/mol. The van der Waals surface area contributed by atoms with Gasteiger partial charge in [0.25, 0.3) is 0 Å². The molecule has 1 aliphatic heterocycles. The molecule has 6 heteroatoms. The molecule has 0 radical (unpaired) electrons. The minimum Gasteiger partial charge on any atom is -0.378 e. The van der Waals surface area contributed by atoms with Crippen molar-refractivity contribution in [3.63, 3.8) is 0 Å². The molecule has 6 nitrogen and oxygen atoms in total. The van der Waals surface area contributed by atoms with E-state index in [2.05, 4.69) is 10.4 Å². The summed E-state index contributed by atoms with van der Waals surface area (Å²) < 4.78 is 7.01. The number of carbonyl (C=O) groups excluding carboxylic acids is 1. The zero-order chi connectivity index (χ0) is 12.3. The quantitative estimate of drug-likeness (QED) is 0.761. The SMILES string of the molecule is CN(Cc1cnn(C)c1)C(=O)C1COCCN1. The molecule has 1 fully saturated rings. The molecular formula is C11H18N4O2. The van der Waals surface area contributed by atoms with Crippen LogP contribution < -0.4 is 5.32 Å². The monoisotopic (exact) mass is 238 g/mol. The summed E-state index contributed by atoms with van der Waals surface area (Å²) >= 11 is 0. The van der Waals surface area contributed by atoms with Crippen LogP contribution in [0, 0.1) is 0 Å². The lowest BCUT2D eigenvalue weighted by atomic mass is 10.2. The van der Waals surface area contributed by atoms with Crippen molar-refractivity contribution < 1.29 is 9.53 Å². The molecule has 1 atom stereocenters. The maximum Gasteiger partial charge on any atom is 0.242 e. The zero-order valence-electron chi connectivity index (χ0n) is 10.2. The highest BCUT2D eigenvalue weighted by molar-refractivity contribution is 5.81.